The third-order valence-corrected chi connectivity index (χ3v) is 3.42. The maximum Gasteiger partial charge on any atom is 0.120 e. The van der Waals surface area contributed by atoms with Crippen LogP contribution in [0.4, 0.5) is 0 Å². The lowest BCUT2D eigenvalue weighted by atomic mass is 9.72. The van der Waals surface area contributed by atoms with Gasteiger partial charge in [0.1, 0.15) is 5.60 Å². The second-order valence-corrected chi connectivity index (χ2v) is 3.99. The lowest BCUT2D eigenvalue weighted by Crippen LogP contribution is -2.55. The molecule has 0 bridgehead atoms. The Kier molecular flexibility index (Phi) is 1.90. The molecule has 2 fully saturated rings. The van der Waals surface area contributed by atoms with E-state index in [1.54, 1.807) is 0 Å². The van der Waals surface area contributed by atoms with Crippen LogP contribution < -0.4 is 0 Å². The maximum atomic E-state index is 10.2. The van der Waals surface area contributed by atoms with Gasteiger partial charge in [-0.3, -0.25) is 0 Å². The number of fused-ring (bicyclic) bond motifs is 1. The summed E-state index contributed by atoms with van der Waals surface area (Å²) in [5, 5.41) is 19.4. The van der Waals surface area contributed by atoms with Crippen molar-refractivity contribution in [2.24, 2.45) is 0 Å². The van der Waals surface area contributed by atoms with Gasteiger partial charge < -0.3 is 14.9 Å². The van der Waals surface area contributed by atoms with Crippen LogP contribution in [0.2, 0.25) is 0 Å². The van der Waals surface area contributed by atoms with E-state index in [0.717, 1.165) is 25.7 Å². The van der Waals surface area contributed by atoms with E-state index in [9.17, 15) is 10.2 Å². The Hall–Kier alpha value is -0.120. The fourth-order valence-electron chi connectivity index (χ4n) is 2.53. The minimum absolute atomic E-state index is 0.0382. The van der Waals surface area contributed by atoms with Gasteiger partial charge in [-0.1, -0.05) is 12.8 Å². The number of aliphatic hydroxyl groups is 2. The van der Waals surface area contributed by atoms with Crippen LogP contribution in [0.5, 0.6) is 0 Å². The smallest absolute Gasteiger partial charge is 0.120 e. The molecule has 3 heteroatoms. The van der Waals surface area contributed by atoms with Crippen molar-refractivity contribution in [2.45, 2.75) is 43.3 Å². The molecule has 2 aliphatic rings. The summed E-state index contributed by atoms with van der Waals surface area (Å²) in [6.07, 6.45) is 4.39. The number of hydrogen-bond acceptors (Lipinski definition) is 3. The molecule has 0 amide bonds. The van der Waals surface area contributed by atoms with Crippen LogP contribution in [0.15, 0.2) is 0 Å². The first-order valence-electron chi connectivity index (χ1n) is 4.70. The highest BCUT2D eigenvalue weighted by Crippen LogP contribution is 2.46. The molecule has 70 valence electrons. The topological polar surface area (TPSA) is 49.7 Å². The second-order valence-electron chi connectivity index (χ2n) is 3.99. The normalized spacial score (nSPS) is 47.5. The summed E-state index contributed by atoms with van der Waals surface area (Å²) in [5.41, 5.74) is -1.36. The molecular formula is C9H16O3. The second kappa shape index (κ2) is 2.69. The van der Waals surface area contributed by atoms with Crippen molar-refractivity contribution in [3.63, 3.8) is 0 Å². The van der Waals surface area contributed by atoms with Gasteiger partial charge >= 0.3 is 0 Å². The van der Waals surface area contributed by atoms with Crippen molar-refractivity contribution in [3.8, 4) is 0 Å². The number of hydrogen-bond donors (Lipinski definition) is 2. The minimum atomic E-state index is -0.736. The van der Waals surface area contributed by atoms with Crippen molar-refractivity contribution in [1.82, 2.24) is 0 Å². The molecule has 2 rings (SSSR count). The molecule has 2 N–H and O–H groups in total. The van der Waals surface area contributed by atoms with E-state index in [1.165, 1.54) is 0 Å². The molecular weight excluding hydrogens is 156 g/mol. The monoisotopic (exact) mass is 172 g/mol. The Morgan fingerprint density at radius 1 is 1.17 bits per heavy atom. The van der Waals surface area contributed by atoms with Gasteiger partial charge in [0, 0.05) is 6.42 Å². The highest BCUT2D eigenvalue weighted by molar-refractivity contribution is 5.07. The third kappa shape index (κ3) is 0.934. The number of ether oxygens (including phenoxy) is 1. The number of aliphatic hydroxyl groups excluding tert-OH is 1. The first kappa shape index (κ1) is 8.48. The fourth-order valence-corrected chi connectivity index (χ4v) is 2.53. The molecule has 12 heavy (non-hydrogen) atoms. The molecule has 1 saturated carbocycles. The molecule has 1 aliphatic carbocycles. The van der Waals surface area contributed by atoms with Crippen molar-refractivity contribution >= 4 is 0 Å². The molecule has 1 saturated heterocycles. The summed E-state index contributed by atoms with van der Waals surface area (Å²) in [6.45, 7) is 0.556. The molecule has 0 spiro atoms. The third-order valence-electron chi connectivity index (χ3n) is 3.42. The Balaban J connectivity index is 2.25. The molecule has 2 unspecified atom stereocenters. The molecule has 2 atom stereocenters. The van der Waals surface area contributed by atoms with Gasteiger partial charge in [0.2, 0.25) is 0 Å². The Bertz CT molecular complexity index is 183. The van der Waals surface area contributed by atoms with Crippen LogP contribution in [0.1, 0.15) is 32.1 Å². The van der Waals surface area contributed by atoms with Crippen molar-refractivity contribution in [2.75, 3.05) is 13.2 Å². The quantitative estimate of drug-likeness (QED) is 0.603. The average molecular weight is 172 g/mol. The molecule has 1 heterocycles. The zero-order chi connectivity index (χ0) is 8.66. The predicted octanol–water partition coefficient (Wildman–Crippen LogP) is 0.443. The van der Waals surface area contributed by atoms with Crippen LogP contribution >= 0.6 is 0 Å². The summed E-state index contributed by atoms with van der Waals surface area (Å²) in [4.78, 5) is 0. The Morgan fingerprint density at radius 3 is 2.58 bits per heavy atom. The van der Waals surface area contributed by atoms with Gasteiger partial charge in [0.15, 0.2) is 0 Å². The lowest BCUT2D eigenvalue weighted by molar-refractivity contribution is -0.165. The summed E-state index contributed by atoms with van der Waals surface area (Å²) in [5.74, 6) is 0. The van der Waals surface area contributed by atoms with Crippen molar-refractivity contribution in [1.29, 1.82) is 0 Å². The first-order chi connectivity index (χ1) is 5.72. The number of rotatable bonds is 1. The maximum absolute atomic E-state index is 10.2. The van der Waals surface area contributed by atoms with Crippen LogP contribution in [0.3, 0.4) is 0 Å². The highest BCUT2D eigenvalue weighted by atomic mass is 16.5. The van der Waals surface area contributed by atoms with E-state index < -0.39 is 11.2 Å². The van der Waals surface area contributed by atoms with E-state index >= 15 is 0 Å². The summed E-state index contributed by atoms with van der Waals surface area (Å²) >= 11 is 0. The van der Waals surface area contributed by atoms with Crippen LogP contribution in [-0.2, 0) is 4.74 Å². The van der Waals surface area contributed by atoms with Gasteiger partial charge in [-0.2, -0.15) is 0 Å². The van der Waals surface area contributed by atoms with Gasteiger partial charge in [-0.15, -0.1) is 0 Å². The first-order valence-corrected chi connectivity index (χ1v) is 4.70. The van der Waals surface area contributed by atoms with Gasteiger partial charge in [-0.25, -0.2) is 0 Å². The highest BCUT2D eigenvalue weighted by Gasteiger charge is 2.56. The molecule has 0 aromatic heterocycles. The van der Waals surface area contributed by atoms with E-state index in [1.807, 2.05) is 0 Å². The zero-order valence-corrected chi connectivity index (χ0v) is 7.25. The van der Waals surface area contributed by atoms with Gasteiger partial charge in [0.25, 0.3) is 0 Å². The minimum Gasteiger partial charge on any atom is -0.393 e. The average Bonchev–Trinajstić information content (AvgIpc) is 2.42. The van der Waals surface area contributed by atoms with E-state index in [0.29, 0.717) is 13.0 Å². The molecule has 0 aromatic carbocycles. The van der Waals surface area contributed by atoms with Crippen LogP contribution in [0, 0.1) is 0 Å². The molecule has 1 aliphatic heterocycles. The van der Waals surface area contributed by atoms with Crippen molar-refractivity contribution < 1.29 is 14.9 Å². The fraction of sp³-hybridized carbons (Fsp3) is 1.00. The standard InChI is InChI=1S/C9H16O3/c10-7-9-4-2-1-3-8(9,11)5-6-12-9/h10-11H,1-7H2. The molecule has 0 aromatic rings. The molecule has 3 nitrogen and oxygen atoms in total. The van der Waals surface area contributed by atoms with Gasteiger partial charge in [0.05, 0.1) is 18.8 Å². The SMILES string of the molecule is OCC12CCCCC1(O)CCO2. The predicted molar refractivity (Wildman–Crippen MR) is 43.8 cm³/mol. The van der Waals surface area contributed by atoms with Crippen molar-refractivity contribution in [3.05, 3.63) is 0 Å². The van der Waals surface area contributed by atoms with E-state index in [-0.39, 0.29) is 6.61 Å². The largest absolute Gasteiger partial charge is 0.393 e. The Labute approximate surface area is 72.3 Å². The van der Waals surface area contributed by atoms with E-state index in [4.69, 9.17) is 4.74 Å². The summed E-state index contributed by atoms with van der Waals surface area (Å²) in [6, 6.07) is 0. The van der Waals surface area contributed by atoms with Crippen LogP contribution in [0.25, 0.3) is 0 Å². The molecule has 0 radical (unpaired) electrons. The lowest BCUT2D eigenvalue weighted by Gasteiger charge is -2.43. The summed E-state index contributed by atoms with van der Waals surface area (Å²) in [7, 11) is 0. The van der Waals surface area contributed by atoms with E-state index in [2.05, 4.69) is 0 Å². The van der Waals surface area contributed by atoms with Gasteiger partial charge in [-0.05, 0) is 12.8 Å². The van der Waals surface area contributed by atoms with Crippen LogP contribution in [-0.4, -0.2) is 34.6 Å². The zero-order valence-electron chi connectivity index (χ0n) is 7.25. The summed E-state index contributed by atoms with van der Waals surface area (Å²) < 4.78 is 5.50. The Morgan fingerprint density at radius 2 is 1.92 bits per heavy atom.